The number of benzene rings is 1. The highest BCUT2D eigenvalue weighted by molar-refractivity contribution is 6.07. The molecule has 25 heavy (non-hydrogen) atoms. The van der Waals surface area contributed by atoms with Crippen molar-refractivity contribution in [3.63, 3.8) is 0 Å². The molecule has 2 aliphatic rings. The third kappa shape index (κ3) is 3.51. The second kappa shape index (κ2) is 6.84. The first-order valence-corrected chi connectivity index (χ1v) is 8.47. The molecule has 1 heterocycles. The van der Waals surface area contributed by atoms with E-state index < -0.39 is 17.7 Å². The summed E-state index contributed by atoms with van der Waals surface area (Å²) in [6.07, 6.45) is 2.16. The molecule has 1 atom stereocenters. The Balaban J connectivity index is 1.54. The number of hydrogen-bond acceptors (Lipinski definition) is 5. The molecule has 134 valence electrons. The number of β-amino-alcohol motifs (C(OH)–C–C–N with tert-alkyl or cyclic N) is 1. The van der Waals surface area contributed by atoms with Gasteiger partial charge in [0.05, 0.1) is 6.54 Å². The Labute approximate surface area is 146 Å². The largest absolute Gasteiger partial charge is 0.491 e. The molecular weight excluding hydrogens is 324 g/mol. The predicted molar refractivity (Wildman–Crippen MR) is 89.4 cm³/mol. The van der Waals surface area contributed by atoms with Gasteiger partial charge < -0.3 is 15.2 Å². The molecule has 0 radical (unpaired) electrons. The van der Waals surface area contributed by atoms with Gasteiger partial charge in [-0.15, -0.1) is 0 Å². The Morgan fingerprint density at radius 2 is 1.92 bits per heavy atom. The van der Waals surface area contributed by atoms with Crippen LogP contribution in [-0.2, 0) is 4.79 Å². The summed E-state index contributed by atoms with van der Waals surface area (Å²) in [6.45, 7) is 1.33. The first-order chi connectivity index (χ1) is 11.9. The van der Waals surface area contributed by atoms with Gasteiger partial charge in [0.25, 0.3) is 5.91 Å². The highest BCUT2D eigenvalue weighted by atomic mass is 16.5. The molecule has 1 spiro atoms. The lowest BCUT2D eigenvalue weighted by molar-refractivity contribution is -0.132. The van der Waals surface area contributed by atoms with Crippen molar-refractivity contribution < 1.29 is 24.2 Å². The number of aliphatic hydroxyl groups excluding tert-OH is 1. The number of imide groups is 1. The summed E-state index contributed by atoms with van der Waals surface area (Å²) in [4.78, 5) is 36.9. The topological polar surface area (TPSA) is 95.9 Å². The van der Waals surface area contributed by atoms with Gasteiger partial charge in [0.15, 0.2) is 5.78 Å². The van der Waals surface area contributed by atoms with Crippen molar-refractivity contribution in [3.8, 4) is 5.75 Å². The molecule has 1 unspecified atom stereocenters. The zero-order valence-corrected chi connectivity index (χ0v) is 14.2. The Bertz CT molecular complexity index is 679. The maximum Gasteiger partial charge on any atom is 0.325 e. The van der Waals surface area contributed by atoms with E-state index in [2.05, 4.69) is 5.32 Å². The van der Waals surface area contributed by atoms with E-state index >= 15 is 0 Å². The SMILES string of the molecule is CC(=O)c1ccc(OCC(O)CN2C(=O)NC3(CCCC3)C2=O)cc1. The van der Waals surface area contributed by atoms with Gasteiger partial charge in [0.1, 0.15) is 24.0 Å². The number of aliphatic hydroxyl groups is 1. The number of Topliss-reactive ketones (excluding diaryl/α,β-unsaturated/α-hetero) is 1. The van der Waals surface area contributed by atoms with Crippen LogP contribution in [0.3, 0.4) is 0 Å². The second-order valence-corrected chi connectivity index (χ2v) is 6.68. The van der Waals surface area contributed by atoms with Gasteiger partial charge in [-0.05, 0) is 44.0 Å². The van der Waals surface area contributed by atoms with E-state index in [1.807, 2.05) is 0 Å². The number of nitrogens with one attached hydrogen (secondary N) is 1. The fraction of sp³-hybridized carbons (Fsp3) is 0.500. The average molecular weight is 346 g/mol. The van der Waals surface area contributed by atoms with Gasteiger partial charge in [-0.1, -0.05) is 12.8 Å². The monoisotopic (exact) mass is 346 g/mol. The van der Waals surface area contributed by atoms with Crippen molar-refractivity contribution in [1.29, 1.82) is 0 Å². The van der Waals surface area contributed by atoms with Crippen LogP contribution >= 0.6 is 0 Å². The van der Waals surface area contributed by atoms with Gasteiger partial charge in [-0.25, -0.2) is 4.79 Å². The maximum absolute atomic E-state index is 12.5. The summed E-state index contributed by atoms with van der Waals surface area (Å²) in [5.74, 6) is 0.222. The zero-order chi connectivity index (χ0) is 18.0. The first kappa shape index (κ1) is 17.4. The molecule has 3 rings (SSSR count). The van der Waals surface area contributed by atoms with Crippen molar-refractivity contribution in [1.82, 2.24) is 10.2 Å². The molecule has 1 aromatic carbocycles. The summed E-state index contributed by atoms with van der Waals surface area (Å²) in [5.41, 5.74) is -0.186. The van der Waals surface area contributed by atoms with Crippen LogP contribution in [0.4, 0.5) is 4.79 Å². The Morgan fingerprint density at radius 3 is 2.52 bits per heavy atom. The number of carbonyl (C=O) groups is 3. The third-order valence-corrected chi connectivity index (χ3v) is 4.80. The third-order valence-electron chi connectivity index (χ3n) is 4.80. The minimum atomic E-state index is -0.987. The standard InChI is InChI=1S/C18H22N2O5/c1-12(21)13-4-6-15(7-5-13)25-11-14(22)10-20-16(23)18(19-17(20)24)8-2-3-9-18/h4-7,14,22H,2-3,8-11H2,1H3,(H,19,24). The summed E-state index contributed by atoms with van der Waals surface area (Å²) in [6, 6.07) is 6.13. The van der Waals surface area contributed by atoms with Crippen LogP contribution in [0.25, 0.3) is 0 Å². The fourth-order valence-corrected chi connectivity index (χ4v) is 3.40. The molecule has 1 saturated carbocycles. The lowest BCUT2D eigenvalue weighted by atomic mass is 9.98. The number of ketones is 1. The molecule has 1 saturated heterocycles. The Kier molecular flexibility index (Phi) is 4.76. The first-order valence-electron chi connectivity index (χ1n) is 8.47. The van der Waals surface area contributed by atoms with Crippen LogP contribution in [0, 0.1) is 0 Å². The second-order valence-electron chi connectivity index (χ2n) is 6.68. The smallest absolute Gasteiger partial charge is 0.325 e. The molecule has 2 fully saturated rings. The van der Waals surface area contributed by atoms with Gasteiger partial charge in [-0.3, -0.25) is 14.5 Å². The Morgan fingerprint density at radius 1 is 1.28 bits per heavy atom. The molecule has 7 nitrogen and oxygen atoms in total. The van der Waals surface area contributed by atoms with Gasteiger partial charge in [-0.2, -0.15) is 0 Å². The molecule has 0 bridgehead atoms. The molecule has 2 N–H and O–H groups in total. The van der Waals surface area contributed by atoms with Crippen LogP contribution in [0.15, 0.2) is 24.3 Å². The number of carbonyl (C=O) groups excluding carboxylic acids is 3. The lowest BCUT2D eigenvalue weighted by Crippen LogP contribution is -2.45. The Hall–Kier alpha value is -2.41. The van der Waals surface area contributed by atoms with E-state index in [1.165, 1.54) is 6.92 Å². The summed E-state index contributed by atoms with van der Waals surface area (Å²) in [5, 5.41) is 12.9. The van der Waals surface area contributed by atoms with Crippen LogP contribution in [0.5, 0.6) is 5.75 Å². The van der Waals surface area contributed by atoms with Crippen LogP contribution in [0.2, 0.25) is 0 Å². The normalized spacial score (nSPS) is 20.0. The zero-order valence-electron chi connectivity index (χ0n) is 14.2. The number of urea groups is 1. The number of ether oxygens (including phenoxy) is 1. The van der Waals surface area contributed by atoms with Crippen molar-refractivity contribution in [2.45, 2.75) is 44.2 Å². The van der Waals surface area contributed by atoms with E-state index in [4.69, 9.17) is 4.74 Å². The van der Waals surface area contributed by atoms with E-state index in [9.17, 15) is 19.5 Å². The summed E-state index contributed by atoms with van der Waals surface area (Å²) in [7, 11) is 0. The maximum atomic E-state index is 12.5. The van der Waals surface area contributed by atoms with E-state index in [1.54, 1.807) is 24.3 Å². The van der Waals surface area contributed by atoms with Gasteiger partial charge >= 0.3 is 6.03 Å². The number of amides is 3. The molecule has 1 aliphatic heterocycles. The molecule has 1 aliphatic carbocycles. The summed E-state index contributed by atoms with van der Waals surface area (Å²) >= 11 is 0. The molecule has 1 aromatic rings. The minimum absolute atomic E-state index is 0.0361. The van der Waals surface area contributed by atoms with Crippen molar-refractivity contribution in [3.05, 3.63) is 29.8 Å². The van der Waals surface area contributed by atoms with E-state index in [0.29, 0.717) is 24.2 Å². The van der Waals surface area contributed by atoms with Crippen LogP contribution in [0.1, 0.15) is 43.0 Å². The highest BCUT2D eigenvalue weighted by Crippen LogP contribution is 2.35. The molecular formula is C18H22N2O5. The van der Waals surface area contributed by atoms with E-state index in [0.717, 1.165) is 17.7 Å². The van der Waals surface area contributed by atoms with Crippen molar-refractivity contribution in [2.75, 3.05) is 13.2 Å². The van der Waals surface area contributed by atoms with E-state index in [-0.39, 0.29) is 24.8 Å². The minimum Gasteiger partial charge on any atom is -0.491 e. The molecule has 0 aromatic heterocycles. The molecule has 7 heteroatoms. The lowest BCUT2D eigenvalue weighted by Gasteiger charge is -2.21. The fourth-order valence-electron chi connectivity index (χ4n) is 3.40. The number of hydrogen-bond donors (Lipinski definition) is 2. The van der Waals surface area contributed by atoms with Crippen LogP contribution < -0.4 is 10.1 Å². The van der Waals surface area contributed by atoms with Crippen molar-refractivity contribution >= 4 is 17.7 Å². The molecule has 3 amide bonds. The van der Waals surface area contributed by atoms with Gasteiger partial charge in [0, 0.05) is 5.56 Å². The highest BCUT2D eigenvalue weighted by Gasteiger charge is 2.52. The predicted octanol–water partition coefficient (Wildman–Crippen LogP) is 1.49. The average Bonchev–Trinajstić information content (AvgIpc) is 3.14. The van der Waals surface area contributed by atoms with Crippen LogP contribution in [-0.4, -0.2) is 52.5 Å². The van der Waals surface area contributed by atoms with Crippen molar-refractivity contribution in [2.24, 2.45) is 0 Å². The summed E-state index contributed by atoms with van der Waals surface area (Å²) < 4.78 is 5.47. The number of rotatable bonds is 6. The number of nitrogens with zero attached hydrogens (tertiary/aromatic N) is 1. The quantitative estimate of drug-likeness (QED) is 0.601. The van der Waals surface area contributed by atoms with Gasteiger partial charge in [0.2, 0.25) is 0 Å².